The van der Waals surface area contributed by atoms with Gasteiger partial charge in [0.2, 0.25) is 5.91 Å². The summed E-state index contributed by atoms with van der Waals surface area (Å²) in [5.74, 6) is 2.25. The highest BCUT2D eigenvalue weighted by atomic mass is 16.5. The normalized spacial score (nSPS) is 14.5. The van der Waals surface area contributed by atoms with Gasteiger partial charge >= 0.3 is 0 Å². The van der Waals surface area contributed by atoms with Crippen LogP contribution in [0.4, 0.5) is 0 Å². The quantitative estimate of drug-likeness (QED) is 0.609. The number of ether oxygens (including phenoxy) is 1. The van der Waals surface area contributed by atoms with Crippen LogP contribution in [-0.4, -0.2) is 33.4 Å². The van der Waals surface area contributed by atoms with Crippen LogP contribution >= 0.6 is 0 Å². The van der Waals surface area contributed by atoms with Gasteiger partial charge in [-0.15, -0.1) is 0 Å². The molecule has 0 saturated carbocycles. The molecule has 0 spiro atoms. The molecule has 0 radical (unpaired) electrons. The van der Waals surface area contributed by atoms with Gasteiger partial charge in [-0.05, 0) is 55.0 Å². The molecule has 1 aliphatic heterocycles. The number of amides is 1. The topological polar surface area (TPSA) is 47.4 Å². The van der Waals surface area contributed by atoms with E-state index >= 15 is 0 Å². The van der Waals surface area contributed by atoms with E-state index in [1.165, 1.54) is 12.0 Å². The molecule has 0 N–H and O–H groups in total. The van der Waals surface area contributed by atoms with Crippen LogP contribution in [0.25, 0.3) is 11.0 Å². The summed E-state index contributed by atoms with van der Waals surface area (Å²) in [5, 5.41) is 0. The van der Waals surface area contributed by atoms with Crippen LogP contribution in [0.2, 0.25) is 0 Å². The number of carbonyl (C=O) groups excluding carboxylic acids is 1. The molecule has 5 nitrogen and oxygen atoms in total. The van der Waals surface area contributed by atoms with Crippen LogP contribution in [0, 0.1) is 0 Å². The van der Waals surface area contributed by atoms with E-state index in [1.807, 2.05) is 45.9 Å². The Morgan fingerprint density at radius 2 is 1.76 bits per heavy atom. The molecule has 29 heavy (non-hydrogen) atoms. The van der Waals surface area contributed by atoms with Crippen LogP contribution in [0.1, 0.15) is 50.4 Å². The van der Waals surface area contributed by atoms with Crippen molar-refractivity contribution in [1.82, 2.24) is 14.5 Å². The fourth-order valence-electron chi connectivity index (χ4n) is 3.89. The van der Waals surface area contributed by atoms with E-state index in [1.54, 1.807) is 0 Å². The molecule has 3 aromatic rings. The first kappa shape index (κ1) is 19.5. The number of piperidine rings is 1. The molecule has 1 amide bonds. The van der Waals surface area contributed by atoms with Crippen LogP contribution in [0.3, 0.4) is 0 Å². The number of benzene rings is 2. The van der Waals surface area contributed by atoms with Gasteiger partial charge in [0, 0.05) is 13.1 Å². The second-order valence-corrected chi connectivity index (χ2v) is 8.06. The van der Waals surface area contributed by atoms with Crippen LogP contribution in [0.15, 0.2) is 48.5 Å². The fourth-order valence-corrected chi connectivity index (χ4v) is 3.89. The van der Waals surface area contributed by atoms with Crippen molar-refractivity contribution in [2.45, 2.75) is 52.2 Å². The molecule has 2 aromatic carbocycles. The molecule has 4 rings (SSSR count). The third-order valence-electron chi connectivity index (χ3n) is 5.65. The van der Waals surface area contributed by atoms with Crippen LogP contribution < -0.4 is 4.74 Å². The molecule has 0 bridgehead atoms. The molecular weight excluding hydrogens is 362 g/mol. The number of rotatable bonds is 6. The zero-order valence-electron chi connectivity index (χ0n) is 17.3. The monoisotopic (exact) mass is 391 g/mol. The van der Waals surface area contributed by atoms with Crippen molar-refractivity contribution in [2.75, 3.05) is 13.1 Å². The summed E-state index contributed by atoms with van der Waals surface area (Å²) in [4.78, 5) is 19.6. The van der Waals surface area contributed by atoms with E-state index in [9.17, 15) is 4.79 Å². The summed E-state index contributed by atoms with van der Waals surface area (Å²) in [6.07, 6.45) is 3.41. The summed E-state index contributed by atoms with van der Waals surface area (Å²) in [7, 11) is 0. The maximum absolute atomic E-state index is 12.9. The molecule has 152 valence electrons. The molecule has 1 saturated heterocycles. The summed E-state index contributed by atoms with van der Waals surface area (Å²) in [6, 6.07) is 16.2. The highest BCUT2D eigenvalue weighted by Crippen LogP contribution is 2.21. The first-order chi connectivity index (χ1) is 14.1. The number of imidazole rings is 1. The number of nitrogens with zero attached hydrogens (tertiary/aromatic N) is 3. The minimum absolute atomic E-state index is 0.162. The smallest absolute Gasteiger partial charge is 0.242 e. The van der Waals surface area contributed by atoms with Gasteiger partial charge in [-0.25, -0.2) is 4.98 Å². The summed E-state index contributed by atoms with van der Waals surface area (Å²) in [6.45, 7) is 6.72. The Bertz CT molecular complexity index is 969. The lowest BCUT2D eigenvalue weighted by molar-refractivity contribution is -0.132. The lowest BCUT2D eigenvalue weighted by atomic mass is 10.0. The summed E-state index contributed by atoms with van der Waals surface area (Å²) in [5.41, 5.74) is 3.16. The molecule has 0 aliphatic carbocycles. The van der Waals surface area contributed by atoms with Gasteiger partial charge in [0.05, 0.1) is 11.0 Å². The minimum Gasteiger partial charge on any atom is -0.486 e. The van der Waals surface area contributed by atoms with Crippen molar-refractivity contribution in [3.63, 3.8) is 0 Å². The predicted octanol–water partition coefficient (Wildman–Crippen LogP) is 4.75. The Labute approximate surface area is 172 Å². The van der Waals surface area contributed by atoms with E-state index in [-0.39, 0.29) is 5.91 Å². The average molecular weight is 392 g/mol. The van der Waals surface area contributed by atoms with Gasteiger partial charge in [0.1, 0.15) is 24.7 Å². The standard InChI is InChI=1S/C24H29N3O2/c1-18(2)19-10-12-20(13-11-19)29-17-23-25-21-8-4-5-9-22(21)27(23)16-24(28)26-14-6-3-7-15-26/h4-5,8-13,18H,3,6-7,14-17H2,1-2H3. The van der Waals surface area contributed by atoms with E-state index in [0.29, 0.717) is 19.1 Å². The third kappa shape index (κ3) is 4.44. The molecule has 1 fully saturated rings. The molecule has 0 atom stereocenters. The van der Waals surface area contributed by atoms with Crippen molar-refractivity contribution in [1.29, 1.82) is 0 Å². The maximum atomic E-state index is 12.9. The highest BCUT2D eigenvalue weighted by Gasteiger charge is 2.20. The lowest BCUT2D eigenvalue weighted by Gasteiger charge is -2.27. The number of hydrogen-bond donors (Lipinski definition) is 0. The number of aromatic nitrogens is 2. The molecule has 1 aliphatic rings. The van der Waals surface area contributed by atoms with Gasteiger partial charge in [-0.1, -0.05) is 38.1 Å². The Kier molecular flexibility index (Phi) is 5.84. The Morgan fingerprint density at radius 3 is 2.48 bits per heavy atom. The van der Waals surface area contributed by atoms with Crippen molar-refractivity contribution >= 4 is 16.9 Å². The molecule has 5 heteroatoms. The van der Waals surface area contributed by atoms with Crippen LogP contribution in [-0.2, 0) is 17.9 Å². The largest absolute Gasteiger partial charge is 0.486 e. The Morgan fingerprint density at radius 1 is 1.03 bits per heavy atom. The SMILES string of the molecule is CC(C)c1ccc(OCc2nc3ccccc3n2CC(=O)N2CCCCC2)cc1. The van der Waals surface area contributed by atoms with Gasteiger partial charge < -0.3 is 14.2 Å². The molecular formula is C24H29N3O2. The number of para-hydroxylation sites is 2. The average Bonchev–Trinajstić information content (AvgIpc) is 3.10. The Hall–Kier alpha value is -2.82. The van der Waals surface area contributed by atoms with E-state index in [4.69, 9.17) is 9.72 Å². The number of carbonyl (C=O) groups is 1. The van der Waals surface area contributed by atoms with Crippen molar-refractivity contribution in [2.24, 2.45) is 0 Å². The first-order valence-corrected chi connectivity index (χ1v) is 10.6. The fraction of sp³-hybridized carbons (Fsp3) is 0.417. The maximum Gasteiger partial charge on any atom is 0.242 e. The molecule has 0 unspecified atom stereocenters. The van der Waals surface area contributed by atoms with Gasteiger partial charge in [-0.2, -0.15) is 0 Å². The van der Waals surface area contributed by atoms with Crippen LogP contribution in [0.5, 0.6) is 5.75 Å². The summed E-state index contributed by atoms with van der Waals surface area (Å²) < 4.78 is 8.02. The van der Waals surface area contributed by atoms with E-state index in [2.05, 4.69) is 26.0 Å². The zero-order chi connectivity index (χ0) is 20.2. The highest BCUT2D eigenvalue weighted by molar-refractivity contribution is 5.81. The Balaban J connectivity index is 1.53. The third-order valence-corrected chi connectivity index (χ3v) is 5.65. The minimum atomic E-state index is 0.162. The lowest BCUT2D eigenvalue weighted by Crippen LogP contribution is -2.38. The van der Waals surface area contributed by atoms with Crippen molar-refractivity contribution in [3.05, 3.63) is 59.9 Å². The van der Waals surface area contributed by atoms with Crippen molar-refractivity contribution < 1.29 is 9.53 Å². The molecule has 2 heterocycles. The van der Waals surface area contributed by atoms with E-state index in [0.717, 1.165) is 48.5 Å². The van der Waals surface area contributed by atoms with Gasteiger partial charge in [-0.3, -0.25) is 4.79 Å². The van der Waals surface area contributed by atoms with Crippen molar-refractivity contribution in [3.8, 4) is 5.75 Å². The predicted molar refractivity (Wildman–Crippen MR) is 115 cm³/mol. The second kappa shape index (κ2) is 8.68. The molecule has 1 aromatic heterocycles. The second-order valence-electron chi connectivity index (χ2n) is 8.06. The number of hydrogen-bond acceptors (Lipinski definition) is 3. The zero-order valence-corrected chi connectivity index (χ0v) is 17.3. The first-order valence-electron chi connectivity index (χ1n) is 10.6. The number of fused-ring (bicyclic) bond motifs is 1. The van der Waals surface area contributed by atoms with Gasteiger partial charge in [0.25, 0.3) is 0 Å². The van der Waals surface area contributed by atoms with E-state index < -0.39 is 0 Å². The van der Waals surface area contributed by atoms with Gasteiger partial charge in [0.15, 0.2) is 0 Å². The summed E-state index contributed by atoms with van der Waals surface area (Å²) >= 11 is 0. The number of likely N-dealkylation sites (tertiary alicyclic amines) is 1.